The molecule has 0 amide bonds. The summed E-state index contributed by atoms with van der Waals surface area (Å²) in [6.45, 7) is 1.69. The molecule has 18 heavy (non-hydrogen) atoms. The molecule has 1 heterocycles. The molecule has 1 atom stereocenters. The van der Waals surface area contributed by atoms with Crippen molar-refractivity contribution in [1.29, 1.82) is 0 Å². The fourth-order valence-electron chi connectivity index (χ4n) is 1.80. The number of rotatable bonds is 3. The van der Waals surface area contributed by atoms with Crippen LogP contribution < -0.4 is 0 Å². The van der Waals surface area contributed by atoms with E-state index in [1.54, 1.807) is 13.0 Å². The summed E-state index contributed by atoms with van der Waals surface area (Å²) in [5, 5.41) is 9.97. The van der Waals surface area contributed by atoms with Crippen molar-refractivity contribution >= 4 is 15.9 Å². The summed E-state index contributed by atoms with van der Waals surface area (Å²) in [5.74, 6) is -0.815. The van der Waals surface area contributed by atoms with Gasteiger partial charge in [0.1, 0.15) is 17.4 Å². The molecule has 0 saturated heterocycles. The van der Waals surface area contributed by atoms with Gasteiger partial charge in [0.25, 0.3) is 0 Å². The Hall–Kier alpha value is -1.20. The van der Waals surface area contributed by atoms with Crippen molar-refractivity contribution in [2.45, 2.75) is 19.4 Å². The van der Waals surface area contributed by atoms with Crippen molar-refractivity contribution in [3.63, 3.8) is 0 Å². The Balaban J connectivity index is 2.30. The molecule has 1 N–H and O–H groups in total. The van der Waals surface area contributed by atoms with Crippen molar-refractivity contribution in [2.75, 3.05) is 0 Å². The maximum Gasteiger partial charge on any atom is 0.143 e. The van der Waals surface area contributed by atoms with Gasteiger partial charge in [0.15, 0.2) is 0 Å². The number of aryl methyl sites for hydroxylation is 1. The molecule has 0 aliphatic rings. The van der Waals surface area contributed by atoms with Crippen LogP contribution in [0.5, 0.6) is 0 Å². The third-order valence-electron chi connectivity index (χ3n) is 2.79. The predicted molar refractivity (Wildman–Crippen MR) is 66.2 cm³/mol. The number of benzene rings is 1. The van der Waals surface area contributed by atoms with Crippen LogP contribution in [-0.4, -0.2) is 5.11 Å². The minimum atomic E-state index is -0.998. The molecule has 5 heteroatoms. The van der Waals surface area contributed by atoms with Crippen LogP contribution in [0, 0.1) is 18.6 Å². The average Bonchev–Trinajstić information content (AvgIpc) is 2.76. The molecule has 2 aromatic rings. The van der Waals surface area contributed by atoms with Gasteiger partial charge in [0.2, 0.25) is 0 Å². The standard InChI is InChI=1S/C13H11BrF2O2/c1-7-8(4-5-18-7)12(17)6-9-11(15)3-2-10(14)13(9)16/h2-5,12,17H,6H2,1H3. The van der Waals surface area contributed by atoms with Crippen LogP contribution in [0.2, 0.25) is 0 Å². The summed E-state index contributed by atoms with van der Waals surface area (Å²) in [6, 6.07) is 4.05. The third kappa shape index (κ3) is 2.47. The molecule has 1 unspecified atom stereocenters. The smallest absolute Gasteiger partial charge is 0.143 e. The van der Waals surface area contributed by atoms with Crippen LogP contribution in [0.3, 0.4) is 0 Å². The van der Waals surface area contributed by atoms with Gasteiger partial charge in [0.05, 0.1) is 16.8 Å². The SMILES string of the molecule is Cc1occc1C(O)Cc1c(F)ccc(Br)c1F. The Bertz CT molecular complexity index is 566. The van der Waals surface area contributed by atoms with Gasteiger partial charge in [-0.2, -0.15) is 0 Å². The van der Waals surface area contributed by atoms with Crippen molar-refractivity contribution < 1.29 is 18.3 Å². The van der Waals surface area contributed by atoms with Gasteiger partial charge in [-0.25, -0.2) is 8.78 Å². The van der Waals surface area contributed by atoms with E-state index < -0.39 is 17.7 Å². The van der Waals surface area contributed by atoms with Crippen molar-refractivity contribution in [1.82, 2.24) is 0 Å². The highest BCUT2D eigenvalue weighted by Crippen LogP contribution is 2.28. The molecule has 0 aliphatic heterocycles. The number of aliphatic hydroxyl groups excluding tert-OH is 1. The first-order chi connectivity index (χ1) is 8.50. The number of hydrogen-bond donors (Lipinski definition) is 1. The molecule has 0 saturated carbocycles. The first kappa shape index (κ1) is 13.2. The molecular weight excluding hydrogens is 306 g/mol. The van der Waals surface area contributed by atoms with E-state index in [0.717, 1.165) is 6.07 Å². The average molecular weight is 317 g/mol. The lowest BCUT2D eigenvalue weighted by atomic mass is 10.0. The summed E-state index contributed by atoms with van der Waals surface area (Å²) in [7, 11) is 0. The van der Waals surface area contributed by atoms with Gasteiger partial charge < -0.3 is 9.52 Å². The molecule has 2 rings (SSSR count). The maximum absolute atomic E-state index is 13.7. The van der Waals surface area contributed by atoms with Crippen LogP contribution >= 0.6 is 15.9 Å². The number of halogens is 3. The Morgan fingerprint density at radius 2 is 2.06 bits per heavy atom. The predicted octanol–water partition coefficient (Wildman–Crippen LogP) is 3.90. The maximum atomic E-state index is 13.7. The Morgan fingerprint density at radius 1 is 1.33 bits per heavy atom. The zero-order valence-electron chi connectivity index (χ0n) is 9.58. The Kier molecular flexibility index (Phi) is 3.82. The van der Waals surface area contributed by atoms with E-state index in [9.17, 15) is 13.9 Å². The lowest BCUT2D eigenvalue weighted by Crippen LogP contribution is -2.06. The lowest BCUT2D eigenvalue weighted by molar-refractivity contribution is 0.173. The van der Waals surface area contributed by atoms with E-state index in [0.29, 0.717) is 11.3 Å². The highest BCUT2D eigenvalue weighted by atomic mass is 79.9. The first-order valence-electron chi connectivity index (χ1n) is 5.35. The second-order valence-electron chi connectivity index (χ2n) is 3.97. The van der Waals surface area contributed by atoms with Crippen molar-refractivity contribution in [3.8, 4) is 0 Å². The van der Waals surface area contributed by atoms with E-state index in [1.807, 2.05) is 0 Å². The molecule has 0 bridgehead atoms. The molecule has 0 spiro atoms. The topological polar surface area (TPSA) is 33.4 Å². The molecule has 1 aromatic carbocycles. The highest BCUT2D eigenvalue weighted by Gasteiger charge is 2.19. The van der Waals surface area contributed by atoms with E-state index in [4.69, 9.17) is 4.42 Å². The normalized spacial score (nSPS) is 12.7. The Labute approximate surface area is 111 Å². The molecule has 96 valence electrons. The summed E-state index contributed by atoms with van der Waals surface area (Å²) < 4.78 is 32.5. The van der Waals surface area contributed by atoms with Gasteiger partial charge in [-0.3, -0.25) is 0 Å². The number of furan rings is 1. The van der Waals surface area contributed by atoms with Crippen LogP contribution in [0.4, 0.5) is 8.78 Å². The molecule has 0 radical (unpaired) electrons. The monoisotopic (exact) mass is 316 g/mol. The van der Waals surface area contributed by atoms with Gasteiger partial charge in [-0.05, 0) is 41.1 Å². The second-order valence-corrected chi connectivity index (χ2v) is 4.83. The highest BCUT2D eigenvalue weighted by molar-refractivity contribution is 9.10. The fraction of sp³-hybridized carbons (Fsp3) is 0.231. The zero-order chi connectivity index (χ0) is 13.3. The third-order valence-corrected chi connectivity index (χ3v) is 3.41. The van der Waals surface area contributed by atoms with Crippen LogP contribution in [-0.2, 0) is 6.42 Å². The zero-order valence-corrected chi connectivity index (χ0v) is 11.2. The van der Waals surface area contributed by atoms with E-state index in [1.165, 1.54) is 12.3 Å². The second kappa shape index (κ2) is 5.20. The molecule has 2 nitrogen and oxygen atoms in total. The number of aliphatic hydroxyl groups is 1. The van der Waals surface area contributed by atoms with Crippen molar-refractivity contribution in [2.24, 2.45) is 0 Å². The van der Waals surface area contributed by atoms with Gasteiger partial charge in [0, 0.05) is 17.5 Å². The lowest BCUT2D eigenvalue weighted by Gasteiger charge is -2.12. The van der Waals surface area contributed by atoms with E-state index in [2.05, 4.69) is 15.9 Å². The molecule has 1 aromatic heterocycles. The van der Waals surface area contributed by atoms with Crippen LogP contribution in [0.15, 0.2) is 33.4 Å². The summed E-state index contributed by atoms with van der Waals surface area (Å²) in [5.41, 5.74) is 0.395. The number of hydrogen-bond acceptors (Lipinski definition) is 2. The Morgan fingerprint density at radius 3 is 2.67 bits per heavy atom. The minimum Gasteiger partial charge on any atom is -0.469 e. The van der Waals surface area contributed by atoms with Gasteiger partial charge in [-0.1, -0.05) is 0 Å². The van der Waals surface area contributed by atoms with Crippen LogP contribution in [0.1, 0.15) is 23.0 Å². The van der Waals surface area contributed by atoms with E-state index >= 15 is 0 Å². The summed E-state index contributed by atoms with van der Waals surface area (Å²) in [4.78, 5) is 0. The van der Waals surface area contributed by atoms with E-state index in [-0.39, 0.29) is 16.5 Å². The minimum absolute atomic E-state index is 0.141. The quantitative estimate of drug-likeness (QED) is 0.871. The van der Waals surface area contributed by atoms with Gasteiger partial charge in [-0.15, -0.1) is 0 Å². The van der Waals surface area contributed by atoms with Gasteiger partial charge >= 0.3 is 0 Å². The fourth-order valence-corrected chi connectivity index (χ4v) is 2.17. The molecule has 0 aliphatic carbocycles. The largest absolute Gasteiger partial charge is 0.469 e. The molecular formula is C13H11BrF2O2. The summed E-state index contributed by atoms with van der Waals surface area (Å²) in [6.07, 6.45) is 0.293. The summed E-state index contributed by atoms with van der Waals surface area (Å²) >= 11 is 2.99. The van der Waals surface area contributed by atoms with Crippen LogP contribution in [0.25, 0.3) is 0 Å². The molecule has 0 fully saturated rings. The van der Waals surface area contributed by atoms with Crippen molar-refractivity contribution in [3.05, 3.63) is 57.5 Å². The first-order valence-corrected chi connectivity index (χ1v) is 6.14.